The molecule has 0 saturated carbocycles. The second kappa shape index (κ2) is 10.5. The summed E-state index contributed by atoms with van der Waals surface area (Å²) in [6.07, 6.45) is 6.93. The Morgan fingerprint density at radius 1 is 1.22 bits per heavy atom. The molecule has 0 spiro atoms. The molecule has 10 nitrogen and oxygen atoms in total. The van der Waals surface area contributed by atoms with Gasteiger partial charge in [0.15, 0.2) is 0 Å². The van der Waals surface area contributed by atoms with Gasteiger partial charge in [0.1, 0.15) is 5.01 Å². The van der Waals surface area contributed by atoms with Crippen molar-refractivity contribution >= 4 is 51.6 Å². The Morgan fingerprint density at radius 2 is 2.03 bits per heavy atom. The maximum atomic E-state index is 12.9. The van der Waals surface area contributed by atoms with Gasteiger partial charge in [-0.3, -0.25) is 19.6 Å². The number of amides is 2. The minimum atomic E-state index is -0.457. The second-order valence-corrected chi connectivity index (χ2v) is 7.82. The summed E-state index contributed by atoms with van der Waals surface area (Å²) >= 11 is 1.25. The quantitative estimate of drug-likeness (QED) is 0.466. The highest BCUT2D eigenvalue weighted by molar-refractivity contribution is 7.14. The van der Waals surface area contributed by atoms with Crippen molar-refractivity contribution < 1.29 is 14.3 Å². The molecule has 0 bridgehead atoms. The molecule has 0 aromatic carbocycles. The van der Waals surface area contributed by atoms with E-state index in [1.807, 2.05) is 0 Å². The molecule has 11 heteroatoms. The summed E-state index contributed by atoms with van der Waals surface area (Å²) in [7, 11) is 0. The van der Waals surface area contributed by atoms with E-state index in [0.29, 0.717) is 58.0 Å². The minimum Gasteiger partial charge on any atom is -0.477 e. The number of carbonyl (C=O) groups is 2. The van der Waals surface area contributed by atoms with E-state index in [1.165, 1.54) is 29.9 Å². The number of ether oxygens (including phenoxy) is 1. The molecule has 1 aliphatic heterocycles. The van der Waals surface area contributed by atoms with Crippen molar-refractivity contribution in [1.82, 2.24) is 9.97 Å². The van der Waals surface area contributed by atoms with Crippen molar-refractivity contribution in [1.29, 1.82) is 0 Å². The van der Waals surface area contributed by atoms with Gasteiger partial charge in [0.25, 0.3) is 5.91 Å². The van der Waals surface area contributed by atoms with Crippen molar-refractivity contribution in [3.05, 3.63) is 46.4 Å². The molecule has 0 fully saturated rings. The summed E-state index contributed by atoms with van der Waals surface area (Å²) < 4.78 is 5.59. The maximum Gasteiger partial charge on any atom is 0.260 e. The molecule has 2 aromatic rings. The number of pyridine rings is 1. The number of aromatic nitrogens is 2. The molecule has 1 aliphatic rings. The van der Waals surface area contributed by atoms with Crippen LogP contribution in [0.25, 0.3) is 11.1 Å². The van der Waals surface area contributed by atoms with Gasteiger partial charge in [-0.05, 0) is 13.0 Å². The molecule has 3 rings (SSSR count). The molecule has 32 heavy (non-hydrogen) atoms. The van der Waals surface area contributed by atoms with Gasteiger partial charge in [-0.2, -0.15) is 0 Å². The molecule has 3 heterocycles. The van der Waals surface area contributed by atoms with Crippen molar-refractivity contribution in [2.75, 3.05) is 23.8 Å². The summed E-state index contributed by atoms with van der Waals surface area (Å²) in [6.45, 7) is 4.74. The second-order valence-electron chi connectivity index (χ2n) is 6.79. The topological polar surface area (TPSA) is 158 Å². The molecular formula is C21H25N7O3S. The summed E-state index contributed by atoms with van der Waals surface area (Å²) in [5.41, 5.74) is 13.9. The van der Waals surface area contributed by atoms with Gasteiger partial charge in [-0.25, -0.2) is 4.98 Å². The number of aliphatic imine (C=N–C) groups is 1. The number of nitrogens with one attached hydrogen (secondary N) is 2. The Kier molecular flexibility index (Phi) is 7.55. The number of carbonyl (C=O) groups excluding carboxylic acids is 2. The fourth-order valence-electron chi connectivity index (χ4n) is 2.82. The lowest BCUT2D eigenvalue weighted by Gasteiger charge is -2.14. The largest absolute Gasteiger partial charge is 0.477 e. The highest BCUT2D eigenvalue weighted by atomic mass is 32.1. The predicted molar refractivity (Wildman–Crippen MR) is 126 cm³/mol. The SMILES string of the molecule is CCC(=O)Nc1cnc(C)c(NC(=O)/C(=C/N)c2ncc(/C(=C/N)C3=NCCCO3)s2)c1. The van der Waals surface area contributed by atoms with Crippen LogP contribution in [0.15, 0.2) is 35.9 Å². The van der Waals surface area contributed by atoms with Crippen LogP contribution in [0.3, 0.4) is 0 Å². The van der Waals surface area contributed by atoms with E-state index in [4.69, 9.17) is 16.2 Å². The van der Waals surface area contributed by atoms with Crippen LogP contribution in [0.1, 0.15) is 35.3 Å². The van der Waals surface area contributed by atoms with E-state index in [2.05, 4.69) is 25.6 Å². The van der Waals surface area contributed by atoms with E-state index in [1.54, 1.807) is 26.1 Å². The van der Waals surface area contributed by atoms with Crippen LogP contribution in [0.4, 0.5) is 11.4 Å². The molecule has 2 amide bonds. The van der Waals surface area contributed by atoms with E-state index in [9.17, 15) is 9.59 Å². The van der Waals surface area contributed by atoms with Crippen LogP contribution in [0.2, 0.25) is 0 Å². The molecule has 0 atom stereocenters. The van der Waals surface area contributed by atoms with Gasteiger partial charge in [0.05, 0.1) is 45.9 Å². The van der Waals surface area contributed by atoms with E-state index >= 15 is 0 Å². The Bertz CT molecular complexity index is 1100. The summed E-state index contributed by atoms with van der Waals surface area (Å²) in [6, 6.07) is 1.64. The average molecular weight is 456 g/mol. The van der Waals surface area contributed by atoms with Crippen LogP contribution in [0.5, 0.6) is 0 Å². The van der Waals surface area contributed by atoms with Gasteiger partial charge < -0.3 is 26.8 Å². The molecule has 0 unspecified atom stereocenters. The molecule has 0 saturated heterocycles. The van der Waals surface area contributed by atoms with E-state index in [0.717, 1.165) is 6.42 Å². The molecule has 6 N–H and O–H groups in total. The van der Waals surface area contributed by atoms with Gasteiger partial charge >= 0.3 is 0 Å². The predicted octanol–water partition coefficient (Wildman–Crippen LogP) is 2.25. The van der Waals surface area contributed by atoms with Gasteiger partial charge in [-0.1, -0.05) is 6.92 Å². The van der Waals surface area contributed by atoms with Crippen molar-refractivity contribution in [2.45, 2.75) is 26.7 Å². The third-order valence-electron chi connectivity index (χ3n) is 4.55. The smallest absolute Gasteiger partial charge is 0.260 e. The number of hydrogen-bond acceptors (Lipinski definition) is 9. The number of aryl methyl sites for hydroxylation is 1. The van der Waals surface area contributed by atoms with Crippen molar-refractivity contribution in [2.24, 2.45) is 16.5 Å². The van der Waals surface area contributed by atoms with Crippen LogP contribution in [-0.4, -0.2) is 40.8 Å². The molecule has 168 valence electrons. The highest BCUT2D eigenvalue weighted by Crippen LogP contribution is 2.29. The molecule has 0 aliphatic carbocycles. The fourth-order valence-corrected chi connectivity index (χ4v) is 3.77. The molecular weight excluding hydrogens is 430 g/mol. The lowest BCUT2D eigenvalue weighted by atomic mass is 10.2. The fraction of sp³-hybridized carbons (Fsp3) is 0.286. The molecule has 2 aromatic heterocycles. The number of nitrogens with zero attached hydrogens (tertiary/aromatic N) is 3. The highest BCUT2D eigenvalue weighted by Gasteiger charge is 2.21. The zero-order chi connectivity index (χ0) is 23.1. The Hall–Kier alpha value is -3.73. The standard InChI is InChI=1S/C21H25N7O3S/c1-3-18(29)27-13-7-16(12(2)25-10-13)28-19(30)15(9-23)21-26-11-17(32-21)14(8-22)20-24-5-4-6-31-20/h7-11H,3-6,22-23H2,1-2H3,(H,27,29)(H,28,30)/b14-8-,15-9-. The first-order chi connectivity index (χ1) is 15.5. The lowest BCUT2D eigenvalue weighted by Crippen LogP contribution is -2.17. The normalized spacial score (nSPS) is 14.4. The monoisotopic (exact) mass is 455 g/mol. The first-order valence-corrected chi connectivity index (χ1v) is 10.8. The summed E-state index contributed by atoms with van der Waals surface area (Å²) in [5, 5.41) is 5.92. The number of hydrogen-bond donors (Lipinski definition) is 4. The van der Waals surface area contributed by atoms with Crippen molar-refractivity contribution in [3.8, 4) is 0 Å². The van der Waals surface area contributed by atoms with E-state index in [-0.39, 0.29) is 11.5 Å². The van der Waals surface area contributed by atoms with Crippen LogP contribution < -0.4 is 22.1 Å². The lowest BCUT2D eigenvalue weighted by molar-refractivity contribution is -0.116. The van der Waals surface area contributed by atoms with Gasteiger partial charge in [0, 0.05) is 38.0 Å². The van der Waals surface area contributed by atoms with Crippen molar-refractivity contribution in [3.63, 3.8) is 0 Å². The molecule has 0 radical (unpaired) electrons. The minimum absolute atomic E-state index is 0.152. The first-order valence-electron chi connectivity index (χ1n) is 10.0. The van der Waals surface area contributed by atoms with Gasteiger partial charge in [0.2, 0.25) is 11.8 Å². The zero-order valence-electron chi connectivity index (χ0n) is 17.8. The number of anilines is 2. The first kappa shape index (κ1) is 22.9. The van der Waals surface area contributed by atoms with E-state index < -0.39 is 5.91 Å². The summed E-state index contributed by atoms with van der Waals surface area (Å²) in [4.78, 5) is 38.2. The number of nitrogens with two attached hydrogens (primary N) is 2. The Labute approximate surface area is 189 Å². The Balaban J connectivity index is 1.80. The van der Waals surface area contributed by atoms with Crippen LogP contribution in [-0.2, 0) is 14.3 Å². The van der Waals surface area contributed by atoms with Crippen LogP contribution >= 0.6 is 11.3 Å². The number of thiazole rings is 1. The third-order valence-corrected chi connectivity index (χ3v) is 5.61. The van der Waals surface area contributed by atoms with Gasteiger partial charge in [-0.15, -0.1) is 11.3 Å². The Morgan fingerprint density at radius 3 is 2.69 bits per heavy atom. The number of rotatable bonds is 7. The zero-order valence-corrected chi connectivity index (χ0v) is 18.7. The van der Waals surface area contributed by atoms with Crippen LogP contribution in [0, 0.1) is 6.92 Å². The average Bonchev–Trinajstić information content (AvgIpc) is 3.27. The third kappa shape index (κ3) is 5.30. The summed E-state index contributed by atoms with van der Waals surface area (Å²) in [5.74, 6) is -0.146. The maximum absolute atomic E-state index is 12.9.